The summed E-state index contributed by atoms with van der Waals surface area (Å²) in [6.07, 6.45) is 0. The summed E-state index contributed by atoms with van der Waals surface area (Å²) < 4.78 is 26.2. The molecule has 0 radical (unpaired) electrons. The molecule has 1 fully saturated rings. The average Bonchev–Trinajstić information content (AvgIpc) is 2.40. The van der Waals surface area contributed by atoms with E-state index in [2.05, 4.69) is 5.32 Å². The van der Waals surface area contributed by atoms with E-state index in [1.165, 1.54) is 19.1 Å². The third kappa shape index (κ3) is 3.02. The van der Waals surface area contributed by atoms with Crippen molar-refractivity contribution in [1.82, 2.24) is 9.62 Å². The number of amides is 1. The van der Waals surface area contributed by atoms with E-state index < -0.39 is 21.9 Å². The van der Waals surface area contributed by atoms with Crippen LogP contribution in [0.15, 0.2) is 17.0 Å². The molecule has 7 nitrogen and oxygen atoms in total. The van der Waals surface area contributed by atoms with E-state index in [0.717, 1.165) is 4.31 Å². The highest BCUT2D eigenvalue weighted by molar-refractivity contribution is 7.89. The number of carboxylic acid groups (broad SMARTS) is 1. The number of piperazine rings is 1. The quantitative estimate of drug-likeness (QED) is 0.837. The second kappa shape index (κ2) is 5.63. The maximum absolute atomic E-state index is 12.6. The van der Waals surface area contributed by atoms with Gasteiger partial charge in [0.1, 0.15) is 0 Å². The van der Waals surface area contributed by atoms with Gasteiger partial charge in [-0.1, -0.05) is 11.6 Å². The van der Waals surface area contributed by atoms with Crippen LogP contribution in [0.5, 0.6) is 0 Å². The number of hydrogen-bond donors (Lipinski definition) is 2. The number of nitrogens with one attached hydrogen (secondary N) is 1. The lowest BCUT2D eigenvalue weighted by atomic mass is 10.1. The van der Waals surface area contributed by atoms with E-state index in [0.29, 0.717) is 0 Å². The topological polar surface area (TPSA) is 104 Å². The molecule has 1 aromatic rings. The Morgan fingerprint density at radius 1 is 1.43 bits per heavy atom. The van der Waals surface area contributed by atoms with Crippen molar-refractivity contribution in [1.29, 1.82) is 0 Å². The number of hydrogen-bond acceptors (Lipinski definition) is 4. The van der Waals surface area contributed by atoms with Crippen LogP contribution in [0.3, 0.4) is 0 Å². The van der Waals surface area contributed by atoms with Crippen LogP contribution < -0.4 is 5.32 Å². The lowest BCUT2D eigenvalue weighted by Crippen LogP contribution is -2.49. The number of rotatable bonds is 3. The van der Waals surface area contributed by atoms with E-state index in [4.69, 9.17) is 16.7 Å². The van der Waals surface area contributed by atoms with Gasteiger partial charge in [-0.15, -0.1) is 0 Å². The van der Waals surface area contributed by atoms with Crippen molar-refractivity contribution >= 4 is 33.5 Å². The van der Waals surface area contributed by atoms with Crippen molar-refractivity contribution < 1.29 is 23.1 Å². The van der Waals surface area contributed by atoms with Crippen LogP contribution in [0.25, 0.3) is 0 Å². The summed E-state index contributed by atoms with van der Waals surface area (Å²) in [5.74, 6) is -1.66. The van der Waals surface area contributed by atoms with Gasteiger partial charge in [0.25, 0.3) is 0 Å². The molecule has 114 valence electrons. The molecule has 0 saturated carbocycles. The predicted molar refractivity (Wildman–Crippen MR) is 74.9 cm³/mol. The van der Waals surface area contributed by atoms with Gasteiger partial charge >= 0.3 is 5.97 Å². The minimum atomic E-state index is -3.98. The average molecular weight is 333 g/mol. The summed E-state index contributed by atoms with van der Waals surface area (Å²) in [4.78, 5) is 22.3. The number of carbonyl (C=O) groups excluding carboxylic acids is 1. The molecule has 1 heterocycles. The van der Waals surface area contributed by atoms with Crippen LogP contribution in [0, 0.1) is 6.92 Å². The van der Waals surface area contributed by atoms with E-state index in [1.807, 2.05) is 0 Å². The van der Waals surface area contributed by atoms with Gasteiger partial charge < -0.3 is 10.4 Å². The normalized spacial score (nSPS) is 16.6. The minimum absolute atomic E-state index is 0.0121. The summed E-state index contributed by atoms with van der Waals surface area (Å²) in [5.41, 5.74) is -0.0829. The Labute approximate surface area is 126 Å². The third-order valence-electron chi connectivity index (χ3n) is 3.18. The molecule has 0 bridgehead atoms. The van der Waals surface area contributed by atoms with Crippen LogP contribution in [0.4, 0.5) is 0 Å². The maximum atomic E-state index is 12.6. The highest BCUT2D eigenvalue weighted by atomic mass is 35.5. The van der Waals surface area contributed by atoms with E-state index in [9.17, 15) is 18.0 Å². The van der Waals surface area contributed by atoms with Gasteiger partial charge in [0.15, 0.2) is 0 Å². The molecule has 0 unspecified atom stereocenters. The fourth-order valence-corrected chi connectivity index (χ4v) is 4.06. The van der Waals surface area contributed by atoms with Gasteiger partial charge in [-0.25, -0.2) is 13.2 Å². The van der Waals surface area contributed by atoms with Crippen LogP contribution in [-0.2, 0) is 14.8 Å². The molecule has 1 aliphatic heterocycles. The Morgan fingerprint density at radius 3 is 2.67 bits per heavy atom. The van der Waals surface area contributed by atoms with Gasteiger partial charge in [0, 0.05) is 18.1 Å². The lowest BCUT2D eigenvalue weighted by molar-refractivity contribution is -0.122. The number of sulfonamides is 1. The summed E-state index contributed by atoms with van der Waals surface area (Å²) in [7, 11) is -3.98. The number of benzene rings is 1. The summed E-state index contributed by atoms with van der Waals surface area (Å²) in [5, 5.41) is 11.6. The Morgan fingerprint density at radius 2 is 2.10 bits per heavy atom. The molecule has 9 heteroatoms. The fourth-order valence-electron chi connectivity index (χ4n) is 2.10. The van der Waals surface area contributed by atoms with Crippen molar-refractivity contribution in [3.8, 4) is 0 Å². The molecule has 1 aliphatic rings. The van der Waals surface area contributed by atoms with Crippen molar-refractivity contribution in [2.24, 2.45) is 0 Å². The molecule has 1 saturated heterocycles. The number of carboxylic acids is 1. The molecular formula is C12H13ClN2O5S. The van der Waals surface area contributed by atoms with E-state index in [1.54, 1.807) is 0 Å². The molecule has 2 rings (SSSR count). The van der Waals surface area contributed by atoms with Crippen molar-refractivity contribution in [2.75, 3.05) is 19.6 Å². The first-order chi connectivity index (χ1) is 9.73. The standard InChI is InChI=1S/C12H13ClN2O5S/c1-7-9(12(17)18)4-8(13)5-10(7)21(19,20)15-3-2-14-11(16)6-15/h4-5H,2-3,6H2,1H3,(H,14,16)(H,17,18). The molecule has 2 N–H and O–H groups in total. The van der Waals surface area contributed by atoms with Crippen LogP contribution >= 0.6 is 11.6 Å². The second-order valence-electron chi connectivity index (χ2n) is 4.57. The first-order valence-corrected chi connectivity index (χ1v) is 7.85. The highest BCUT2D eigenvalue weighted by Gasteiger charge is 2.31. The lowest BCUT2D eigenvalue weighted by Gasteiger charge is -2.26. The van der Waals surface area contributed by atoms with E-state index >= 15 is 0 Å². The maximum Gasteiger partial charge on any atom is 0.336 e. The molecule has 0 aliphatic carbocycles. The van der Waals surface area contributed by atoms with Gasteiger partial charge in [0.2, 0.25) is 15.9 Å². The second-order valence-corrected chi connectivity index (χ2v) is 6.91. The number of halogens is 1. The first kappa shape index (κ1) is 15.7. The predicted octanol–water partition coefficient (Wildman–Crippen LogP) is 0.467. The zero-order valence-corrected chi connectivity index (χ0v) is 12.7. The van der Waals surface area contributed by atoms with Crippen LogP contribution in [-0.4, -0.2) is 49.3 Å². The first-order valence-electron chi connectivity index (χ1n) is 6.04. The Kier molecular flexibility index (Phi) is 4.22. The molecule has 1 amide bonds. The van der Waals surface area contributed by atoms with Crippen molar-refractivity contribution in [2.45, 2.75) is 11.8 Å². The number of aromatic carboxylic acids is 1. The number of carbonyl (C=O) groups is 2. The van der Waals surface area contributed by atoms with E-state index in [-0.39, 0.29) is 40.7 Å². The molecule has 0 aromatic heterocycles. The van der Waals surface area contributed by atoms with Crippen LogP contribution in [0.2, 0.25) is 5.02 Å². The third-order valence-corrected chi connectivity index (χ3v) is 5.37. The van der Waals surface area contributed by atoms with Crippen molar-refractivity contribution in [3.63, 3.8) is 0 Å². The summed E-state index contributed by atoms with van der Waals surface area (Å²) >= 11 is 5.81. The summed E-state index contributed by atoms with van der Waals surface area (Å²) in [6.45, 7) is 1.44. The molecule has 1 aromatic carbocycles. The Bertz CT molecular complexity index is 717. The molecule has 0 atom stereocenters. The minimum Gasteiger partial charge on any atom is -0.478 e. The molecular weight excluding hydrogens is 320 g/mol. The fraction of sp³-hybridized carbons (Fsp3) is 0.333. The summed E-state index contributed by atoms with van der Waals surface area (Å²) in [6, 6.07) is 2.40. The smallest absolute Gasteiger partial charge is 0.336 e. The van der Waals surface area contributed by atoms with Crippen molar-refractivity contribution in [3.05, 3.63) is 28.3 Å². The van der Waals surface area contributed by atoms with Gasteiger partial charge in [-0.2, -0.15) is 4.31 Å². The molecule has 21 heavy (non-hydrogen) atoms. The highest BCUT2D eigenvalue weighted by Crippen LogP contribution is 2.27. The zero-order valence-electron chi connectivity index (χ0n) is 11.1. The zero-order chi connectivity index (χ0) is 15.8. The SMILES string of the molecule is Cc1c(C(=O)O)cc(Cl)cc1S(=O)(=O)N1CCNC(=O)C1. The Balaban J connectivity index is 2.54. The Hall–Kier alpha value is -1.64. The van der Waals surface area contributed by atoms with Gasteiger partial charge in [-0.3, -0.25) is 4.79 Å². The molecule has 0 spiro atoms. The van der Waals surface area contributed by atoms with Gasteiger partial charge in [0.05, 0.1) is 17.0 Å². The monoisotopic (exact) mass is 332 g/mol. The van der Waals surface area contributed by atoms with Crippen LogP contribution in [0.1, 0.15) is 15.9 Å². The number of nitrogens with zero attached hydrogens (tertiary/aromatic N) is 1. The largest absolute Gasteiger partial charge is 0.478 e. The van der Waals surface area contributed by atoms with Gasteiger partial charge in [-0.05, 0) is 24.6 Å².